The van der Waals surface area contributed by atoms with Crippen LogP contribution in [0.3, 0.4) is 0 Å². The van der Waals surface area contributed by atoms with E-state index in [2.05, 4.69) is 0 Å². The van der Waals surface area contributed by atoms with Gasteiger partial charge in [0, 0.05) is 18.9 Å². The molecule has 1 aliphatic rings. The molecular weight excluding hydrogens is 148 g/mol. The van der Waals surface area contributed by atoms with Gasteiger partial charge in [-0.25, -0.2) is 0 Å². The maximum atomic E-state index is 9.24. The lowest BCUT2D eigenvalue weighted by atomic mass is 10.0. The van der Waals surface area contributed by atoms with Crippen LogP contribution in [0.15, 0.2) is 0 Å². The van der Waals surface area contributed by atoms with Crippen LogP contribution < -0.4 is 0 Å². The van der Waals surface area contributed by atoms with Crippen molar-refractivity contribution in [3.8, 4) is 0 Å². The van der Waals surface area contributed by atoms with Crippen molar-refractivity contribution in [2.75, 3.05) is 6.61 Å². The van der Waals surface area contributed by atoms with Gasteiger partial charge in [0.15, 0.2) is 0 Å². The first-order valence-corrected chi connectivity index (χ1v) is 3.82. The lowest BCUT2D eigenvalue weighted by Gasteiger charge is -2.16. The Hall–Kier alpha value is -0.160. The van der Waals surface area contributed by atoms with Gasteiger partial charge in [-0.3, -0.25) is 0 Å². The summed E-state index contributed by atoms with van der Waals surface area (Å²) in [6, 6.07) is 0. The summed E-state index contributed by atoms with van der Waals surface area (Å²) in [6.45, 7) is -0.0640. The van der Waals surface area contributed by atoms with Crippen LogP contribution >= 0.6 is 0 Å². The molecule has 0 aromatic carbocycles. The number of hydrogen-bond donors (Lipinski definition) is 4. The highest BCUT2D eigenvalue weighted by Gasteiger charge is 2.39. The van der Waals surface area contributed by atoms with E-state index >= 15 is 0 Å². The van der Waals surface area contributed by atoms with Gasteiger partial charge in [-0.15, -0.1) is 0 Å². The first-order valence-electron chi connectivity index (χ1n) is 3.82. The van der Waals surface area contributed by atoms with Gasteiger partial charge in [-0.1, -0.05) is 0 Å². The second kappa shape index (κ2) is 3.49. The van der Waals surface area contributed by atoms with Crippen LogP contribution in [0.4, 0.5) is 0 Å². The molecule has 4 unspecified atom stereocenters. The maximum absolute atomic E-state index is 9.24. The molecule has 0 amide bonds. The van der Waals surface area contributed by atoms with Crippen molar-refractivity contribution in [2.24, 2.45) is 5.92 Å². The van der Waals surface area contributed by atoms with Gasteiger partial charge in [-0.2, -0.15) is 0 Å². The minimum Gasteiger partial charge on any atom is -0.396 e. The minimum atomic E-state index is -0.878. The zero-order valence-corrected chi connectivity index (χ0v) is 6.22. The Bertz CT molecular complexity index is 128. The van der Waals surface area contributed by atoms with Crippen LogP contribution in [0.1, 0.15) is 12.8 Å². The van der Waals surface area contributed by atoms with Crippen LogP contribution in [0.25, 0.3) is 0 Å². The van der Waals surface area contributed by atoms with Crippen molar-refractivity contribution in [3.05, 3.63) is 0 Å². The molecule has 0 radical (unpaired) electrons. The molecule has 0 saturated heterocycles. The topological polar surface area (TPSA) is 80.9 Å². The van der Waals surface area contributed by atoms with Crippen molar-refractivity contribution >= 4 is 0 Å². The summed E-state index contributed by atoms with van der Waals surface area (Å²) in [5, 5.41) is 36.1. The minimum absolute atomic E-state index is 0.0640. The van der Waals surface area contributed by atoms with Crippen molar-refractivity contribution < 1.29 is 20.4 Å². The standard InChI is InChI=1S/C7H14O4/c8-2-1-4-5(9)3-6(10)7(4)11/h4-11H,1-3H2. The van der Waals surface area contributed by atoms with Gasteiger partial charge in [0.05, 0.1) is 18.3 Å². The van der Waals surface area contributed by atoms with Crippen LogP contribution in [-0.4, -0.2) is 45.3 Å². The molecule has 4 nitrogen and oxygen atoms in total. The monoisotopic (exact) mass is 162 g/mol. The summed E-state index contributed by atoms with van der Waals surface area (Å²) in [6.07, 6.45) is -1.82. The van der Waals surface area contributed by atoms with Gasteiger partial charge in [-0.05, 0) is 6.42 Å². The first kappa shape index (κ1) is 8.93. The molecule has 11 heavy (non-hydrogen) atoms. The van der Waals surface area contributed by atoms with E-state index in [1.54, 1.807) is 0 Å². The zero-order chi connectivity index (χ0) is 8.43. The highest BCUT2D eigenvalue weighted by molar-refractivity contribution is 4.90. The Morgan fingerprint density at radius 2 is 1.73 bits per heavy atom. The number of hydrogen-bond acceptors (Lipinski definition) is 4. The Labute approximate surface area is 65.1 Å². The van der Waals surface area contributed by atoms with E-state index in [-0.39, 0.29) is 18.9 Å². The smallest absolute Gasteiger partial charge is 0.0853 e. The fourth-order valence-corrected chi connectivity index (χ4v) is 1.59. The molecule has 66 valence electrons. The Balaban J connectivity index is 2.49. The molecule has 0 aromatic rings. The summed E-state index contributed by atoms with van der Waals surface area (Å²) in [7, 11) is 0. The van der Waals surface area contributed by atoms with Crippen LogP contribution in [0, 0.1) is 5.92 Å². The molecule has 1 aliphatic carbocycles. The molecule has 1 saturated carbocycles. The lowest BCUT2D eigenvalue weighted by Crippen LogP contribution is -2.28. The predicted octanol–water partition coefficient (Wildman–Crippen LogP) is -1.53. The van der Waals surface area contributed by atoms with Gasteiger partial charge >= 0.3 is 0 Å². The molecule has 0 spiro atoms. The van der Waals surface area contributed by atoms with Gasteiger partial charge in [0.25, 0.3) is 0 Å². The number of aliphatic hydroxyl groups excluding tert-OH is 4. The SMILES string of the molecule is OCCC1C(O)CC(O)C1O. The largest absolute Gasteiger partial charge is 0.396 e. The highest BCUT2D eigenvalue weighted by Crippen LogP contribution is 2.28. The number of aliphatic hydroxyl groups is 4. The van der Waals surface area contributed by atoms with E-state index in [0.717, 1.165) is 0 Å². The van der Waals surface area contributed by atoms with Crippen molar-refractivity contribution in [3.63, 3.8) is 0 Å². The molecular formula is C7H14O4. The maximum Gasteiger partial charge on any atom is 0.0853 e. The van der Waals surface area contributed by atoms with E-state index in [9.17, 15) is 10.2 Å². The molecule has 1 fully saturated rings. The molecule has 0 heterocycles. The summed E-state index contributed by atoms with van der Waals surface area (Å²) >= 11 is 0. The normalized spacial score (nSPS) is 44.7. The average Bonchev–Trinajstić information content (AvgIpc) is 2.17. The van der Waals surface area contributed by atoms with Crippen molar-refractivity contribution in [2.45, 2.75) is 31.2 Å². The Kier molecular flexibility index (Phi) is 2.84. The van der Waals surface area contributed by atoms with E-state index in [4.69, 9.17) is 10.2 Å². The van der Waals surface area contributed by atoms with E-state index < -0.39 is 18.3 Å². The third-order valence-corrected chi connectivity index (χ3v) is 2.27. The summed E-state index contributed by atoms with van der Waals surface area (Å²) in [4.78, 5) is 0. The van der Waals surface area contributed by atoms with Crippen molar-refractivity contribution in [1.82, 2.24) is 0 Å². The fraction of sp³-hybridized carbons (Fsp3) is 1.00. The predicted molar refractivity (Wildman–Crippen MR) is 37.8 cm³/mol. The molecule has 0 bridgehead atoms. The van der Waals surface area contributed by atoms with E-state index in [1.165, 1.54) is 0 Å². The van der Waals surface area contributed by atoms with Gasteiger partial charge in [0.1, 0.15) is 0 Å². The van der Waals surface area contributed by atoms with Crippen LogP contribution in [-0.2, 0) is 0 Å². The quantitative estimate of drug-likeness (QED) is 0.397. The molecule has 0 aromatic heterocycles. The molecule has 0 aliphatic heterocycles. The summed E-state index contributed by atoms with van der Waals surface area (Å²) in [5.74, 6) is -0.366. The zero-order valence-electron chi connectivity index (χ0n) is 6.22. The third kappa shape index (κ3) is 1.70. The molecule has 4 atom stereocenters. The number of rotatable bonds is 2. The van der Waals surface area contributed by atoms with Crippen LogP contribution in [0.5, 0.6) is 0 Å². The fourth-order valence-electron chi connectivity index (χ4n) is 1.59. The highest BCUT2D eigenvalue weighted by atomic mass is 16.3. The van der Waals surface area contributed by atoms with Crippen molar-refractivity contribution in [1.29, 1.82) is 0 Å². The molecule has 4 heteroatoms. The second-order valence-electron chi connectivity index (χ2n) is 3.04. The first-order chi connectivity index (χ1) is 5.16. The summed E-state index contributed by atoms with van der Waals surface area (Å²) < 4.78 is 0. The van der Waals surface area contributed by atoms with Gasteiger partial charge < -0.3 is 20.4 Å². The van der Waals surface area contributed by atoms with Crippen LogP contribution in [0.2, 0.25) is 0 Å². The second-order valence-corrected chi connectivity index (χ2v) is 3.04. The Morgan fingerprint density at radius 3 is 2.09 bits per heavy atom. The average molecular weight is 162 g/mol. The summed E-state index contributed by atoms with van der Waals surface area (Å²) in [5.41, 5.74) is 0. The Morgan fingerprint density at radius 1 is 1.09 bits per heavy atom. The molecule has 4 N–H and O–H groups in total. The third-order valence-electron chi connectivity index (χ3n) is 2.27. The van der Waals surface area contributed by atoms with E-state index in [0.29, 0.717) is 6.42 Å². The van der Waals surface area contributed by atoms with Gasteiger partial charge in [0.2, 0.25) is 0 Å². The lowest BCUT2D eigenvalue weighted by molar-refractivity contribution is 0.00631. The van der Waals surface area contributed by atoms with E-state index in [1.807, 2.05) is 0 Å². The molecule has 1 rings (SSSR count).